The van der Waals surface area contributed by atoms with E-state index in [1.807, 2.05) is 17.0 Å². The topological polar surface area (TPSA) is 90.0 Å². The molecular formula is C26H33N3O4. The number of amides is 2. The van der Waals surface area contributed by atoms with Crippen LogP contribution in [0.5, 0.6) is 0 Å². The lowest BCUT2D eigenvalue weighted by Gasteiger charge is -2.73. The van der Waals surface area contributed by atoms with Crippen LogP contribution in [0.1, 0.15) is 54.4 Å². The van der Waals surface area contributed by atoms with Gasteiger partial charge in [0.25, 0.3) is 0 Å². The van der Waals surface area contributed by atoms with Crippen LogP contribution in [0.4, 0.5) is 0 Å². The van der Waals surface area contributed by atoms with Crippen molar-refractivity contribution in [3.8, 4) is 0 Å². The number of benzene rings is 1. The van der Waals surface area contributed by atoms with Crippen molar-refractivity contribution in [2.24, 2.45) is 28.6 Å². The minimum Gasteiger partial charge on any atom is -0.478 e. The lowest BCUT2D eigenvalue weighted by atomic mass is 9.31. The highest BCUT2D eigenvalue weighted by Gasteiger charge is 2.80. The summed E-state index contributed by atoms with van der Waals surface area (Å²) in [5, 5.41) is 12.3. The maximum Gasteiger partial charge on any atom is 0.336 e. The molecule has 2 amide bonds. The summed E-state index contributed by atoms with van der Waals surface area (Å²) in [6, 6.07) is 7.07. The van der Waals surface area contributed by atoms with Crippen LogP contribution in [0.25, 0.3) is 0 Å². The quantitative estimate of drug-likeness (QED) is 0.664. The minimum absolute atomic E-state index is 0.0226. The molecule has 1 aromatic carbocycles. The second-order valence-corrected chi connectivity index (χ2v) is 11.2. The number of nitrogens with zero attached hydrogens (tertiary/aromatic N) is 2. The summed E-state index contributed by atoms with van der Waals surface area (Å²) in [5.74, 6) is 1.72. The van der Waals surface area contributed by atoms with Crippen molar-refractivity contribution in [3.63, 3.8) is 0 Å². The fraction of sp³-hybridized carbons (Fsp3) is 0.654. The lowest BCUT2D eigenvalue weighted by molar-refractivity contribution is -0.245. The second-order valence-electron chi connectivity index (χ2n) is 11.2. The van der Waals surface area contributed by atoms with Gasteiger partial charge in [-0.1, -0.05) is 18.2 Å². The highest BCUT2D eigenvalue weighted by molar-refractivity contribution is 5.89. The van der Waals surface area contributed by atoms with Gasteiger partial charge in [0.05, 0.1) is 12.1 Å². The lowest BCUT2D eigenvalue weighted by Crippen LogP contribution is -2.67. The maximum atomic E-state index is 12.8. The van der Waals surface area contributed by atoms with Crippen molar-refractivity contribution in [2.45, 2.75) is 45.1 Å². The van der Waals surface area contributed by atoms with Crippen molar-refractivity contribution >= 4 is 17.8 Å². The summed E-state index contributed by atoms with van der Waals surface area (Å²) in [7, 11) is 0. The molecule has 33 heavy (non-hydrogen) atoms. The first-order chi connectivity index (χ1) is 15.9. The zero-order valence-electron chi connectivity index (χ0n) is 19.1. The van der Waals surface area contributed by atoms with E-state index in [0.29, 0.717) is 50.1 Å². The number of hydrogen-bond acceptors (Lipinski definition) is 4. The van der Waals surface area contributed by atoms with Gasteiger partial charge in [-0.3, -0.25) is 14.5 Å². The molecule has 2 N–H and O–H groups in total. The second kappa shape index (κ2) is 7.55. The van der Waals surface area contributed by atoms with Crippen LogP contribution in [0, 0.1) is 28.6 Å². The van der Waals surface area contributed by atoms with Crippen LogP contribution < -0.4 is 5.32 Å². The number of piperazine rings is 1. The summed E-state index contributed by atoms with van der Waals surface area (Å²) in [6.45, 7) is 3.24. The van der Waals surface area contributed by atoms with Gasteiger partial charge in [0.1, 0.15) is 0 Å². The average molecular weight is 452 g/mol. The Kier molecular flexibility index (Phi) is 4.84. The van der Waals surface area contributed by atoms with Crippen LogP contribution in [0.3, 0.4) is 0 Å². The van der Waals surface area contributed by atoms with Crippen LogP contribution >= 0.6 is 0 Å². The Morgan fingerprint density at radius 3 is 2.52 bits per heavy atom. The molecule has 1 aromatic rings. The molecule has 1 aliphatic heterocycles. The van der Waals surface area contributed by atoms with Gasteiger partial charge in [-0.2, -0.15) is 0 Å². The average Bonchev–Trinajstić information content (AvgIpc) is 3.27. The Labute approximate surface area is 194 Å². The molecule has 1 heterocycles. The molecule has 6 rings (SSSR count). The predicted molar refractivity (Wildman–Crippen MR) is 121 cm³/mol. The molecule has 5 atom stereocenters. The van der Waals surface area contributed by atoms with E-state index in [0.717, 1.165) is 23.3 Å². The first-order valence-corrected chi connectivity index (χ1v) is 12.5. The monoisotopic (exact) mass is 451 g/mol. The molecule has 5 unspecified atom stereocenters. The fourth-order valence-corrected chi connectivity index (χ4v) is 8.63. The molecule has 0 aromatic heterocycles. The number of rotatable bonds is 7. The number of carbonyl (C=O) groups is 3. The van der Waals surface area contributed by atoms with Gasteiger partial charge in [0.15, 0.2) is 0 Å². The van der Waals surface area contributed by atoms with Crippen molar-refractivity contribution in [1.82, 2.24) is 15.1 Å². The number of carboxylic acids is 1. The SMILES string of the molecule is O=C(CC12CC3CC4CC(C1)C42C3)NCC(=O)N1CCN(Cc2ccccc2C(=O)O)CC1. The number of carboxylic acid groups (broad SMARTS) is 1. The van der Waals surface area contributed by atoms with E-state index in [1.165, 1.54) is 32.1 Å². The molecule has 5 aliphatic rings. The van der Waals surface area contributed by atoms with Gasteiger partial charge in [-0.05, 0) is 72.3 Å². The molecule has 4 aliphatic carbocycles. The van der Waals surface area contributed by atoms with Gasteiger partial charge in [-0.25, -0.2) is 4.79 Å². The zero-order valence-corrected chi connectivity index (χ0v) is 19.1. The third-order valence-electron chi connectivity index (χ3n) is 9.88. The van der Waals surface area contributed by atoms with Crippen molar-refractivity contribution in [2.75, 3.05) is 32.7 Å². The molecule has 7 nitrogen and oxygen atoms in total. The molecule has 7 heteroatoms. The van der Waals surface area contributed by atoms with Crippen LogP contribution in [0.2, 0.25) is 0 Å². The Morgan fingerprint density at radius 1 is 1.00 bits per heavy atom. The highest BCUT2D eigenvalue weighted by Crippen LogP contribution is 2.87. The zero-order chi connectivity index (χ0) is 22.8. The van der Waals surface area contributed by atoms with E-state index in [1.54, 1.807) is 12.1 Å². The smallest absolute Gasteiger partial charge is 0.336 e. The number of aromatic carboxylic acids is 1. The van der Waals surface area contributed by atoms with Crippen molar-refractivity contribution in [3.05, 3.63) is 35.4 Å². The number of nitrogens with one attached hydrogen (secondary N) is 1. The van der Waals surface area contributed by atoms with Gasteiger partial charge in [0, 0.05) is 39.1 Å². The number of carbonyl (C=O) groups excluding carboxylic acids is 2. The summed E-state index contributed by atoms with van der Waals surface area (Å²) < 4.78 is 0. The Bertz CT molecular complexity index is 1000. The third kappa shape index (κ3) is 3.15. The van der Waals surface area contributed by atoms with E-state index >= 15 is 0 Å². The Balaban J connectivity index is 0.965. The largest absolute Gasteiger partial charge is 0.478 e. The van der Waals surface area contributed by atoms with E-state index in [2.05, 4.69) is 10.2 Å². The fourth-order valence-electron chi connectivity index (χ4n) is 8.63. The van der Waals surface area contributed by atoms with Crippen LogP contribution in [-0.4, -0.2) is 65.4 Å². The van der Waals surface area contributed by atoms with E-state index in [4.69, 9.17) is 0 Å². The summed E-state index contributed by atoms with van der Waals surface area (Å²) in [6.07, 6.45) is 7.22. The first kappa shape index (κ1) is 21.1. The maximum absolute atomic E-state index is 12.8. The normalized spacial score (nSPS) is 36.0. The predicted octanol–water partition coefficient (Wildman–Crippen LogP) is 2.36. The van der Waals surface area contributed by atoms with Gasteiger partial charge in [-0.15, -0.1) is 0 Å². The molecule has 1 saturated heterocycles. The molecule has 0 radical (unpaired) electrons. The van der Waals surface area contributed by atoms with E-state index < -0.39 is 5.97 Å². The van der Waals surface area contributed by atoms with Crippen LogP contribution in [0.15, 0.2) is 24.3 Å². The van der Waals surface area contributed by atoms with E-state index in [9.17, 15) is 19.5 Å². The van der Waals surface area contributed by atoms with Crippen molar-refractivity contribution < 1.29 is 19.5 Å². The Morgan fingerprint density at radius 2 is 1.79 bits per heavy atom. The number of fused-ring (bicyclic) bond motifs is 1. The minimum atomic E-state index is -0.912. The Hall–Kier alpha value is -2.41. The van der Waals surface area contributed by atoms with Gasteiger partial charge >= 0.3 is 5.97 Å². The van der Waals surface area contributed by atoms with Gasteiger partial charge in [0.2, 0.25) is 11.8 Å². The molecule has 176 valence electrons. The molecule has 4 saturated carbocycles. The summed E-state index contributed by atoms with van der Waals surface area (Å²) in [5.41, 5.74) is 1.87. The molecule has 2 bridgehead atoms. The third-order valence-corrected chi connectivity index (χ3v) is 9.88. The molecule has 5 fully saturated rings. The standard InChI is InChI=1S/C26H33N3O4/c30-22(14-25-11-17-9-19-10-20(13-25)26(19,25)12-17)27-15-23(31)29-7-5-28(6-8-29)16-18-3-1-2-4-21(18)24(32)33/h1-4,17,19-20H,5-16H2,(H,27,30)(H,32,33). The molecular weight excluding hydrogens is 418 g/mol. The van der Waals surface area contributed by atoms with Crippen molar-refractivity contribution in [1.29, 1.82) is 0 Å². The van der Waals surface area contributed by atoms with Crippen LogP contribution in [-0.2, 0) is 16.1 Å². The summed E-state index contributed by atoms with van der Waals surface area (Å²) in [4.78, 5) is 40.9. The molecule has 1 spiro atoms. The highest BCUT2D eigenvalue weighted by atomic mass is 16.4. The van der Waals surface area contributed by atoms with E-state index in [-0.39, 0.29) is 23.8 Å². The first-order valence-electron chi connectivity index (χ1n) is 12.5. The van der Waals surface area contributed by atoms with Gasteiger partial charge < -0.3 is 15.3 Å². The number of hydrogen-bond donors (Lipinski definition) is 2. The summed E-state index contributed by atoms with van der Waals surface area (Å²) >= 11 is 0.